The second-order valence-electron chi connectivity index (χ2n) is 10.1. The van der Waals surface area contributed by atoms with Gasteiger partial charge in [0.1, 0.15) is 17.7 Å². The van der Waals surface area contributed by atoms with Crippen LogP contribution in [0.5, 0.6) is 0 Å². The average Bonchev–Trinajstić information content (AvgIpc) is 3.05. The van der Waals surface area contributed by atoms with Gasteiger partial charge in [-0.25, -0.2) is 14.8 Å². The van der Waals surface area contributed by atoms with Crippen molar-refractivity contribution in [1.29, 1.82) is 0 Å². The molecule has 1 amide bonds. The molecule has 2 aromatic carbocycles. The Labute approximate surface area is 206 Å². The highest BCUT2D eigenvalue weighted by Crippen LogP contribution is 2.37. The van der Waals surface area contributed by atoms with Crippen LogP contribution in [0.3, 0.4) is 0 Å². The molecule has 3 aromatic rings. The molecule has 36 heavy (non-hydrogen) atoms. The molecule has 0 saturated carbocycles. The third-order valence-corrected chi connectivity index (χ3v) is 5.55. The maximum absolute atomic E-state index is 13.4. The first-order chi connectivity index (χ1) is 16.7. The van der Waals surface area contributed by atoms with Crippen LogP contribution in [0.15, 0.2) is 48.8 Å². The van der Waals surface area contributed by atoms with Crippen molar-refractivity contribution in [1.82, 2.24) is 9.97 Å². The number of alkyl halides is 3. The van der Waals surface area contributed by atoms with E-state index in [1.54, 1.807) is 33.8 Å². The quantitative estimate of drug-likeness (QED) is 0.401. The average molecular weight is 501 g/mol. The van der Waals surface area contributed by atoms with Crippen LogP contribution in [0, 0.1) is 0 Å². The van der Waals surface area contributed by atoms with Gasteiger partial charge in [0.15, 0.2) is 0 Å². The molecular weight excluding hydrogens is 473 g/mol. The van der Waals surface area contributed by atoms with Gasteiger partial charge < -0.3 is 15.2 Å². The van der Waals surface area contributed by atoms with Gasteiger partial charge in [0.2, 0.25) is 0 Å². The molecule has 0 aliphatic heterocycles. The van der Waals surface area contributed by atoms with Crippen LogP contribution in [-0.2, 0) is 23.8 Å². The smallest absolute Gasteiger partial charge is 0.416 e. The minimum Gasteiger partial charge on any atom is -0.444 e. The minimum atomic E-state index is -4.60. The summed E-state index contributed by atoms with van der Waals surface area (Å²) in [6.45, 7) is 6.76. The Morgan fingerprint density at radius 3 is 2.44 bits per heavy atom. The number of nitrogens with one attached hydrogen (secondary N) is 2. The number of rotatable bonds is 4. The minimum absolute atomic E-state index is 0.0940. The summed E-state index contributed by atoms with van der Waals surface area (Å²) in [7, 11) is 0. The zero-order chi connectivity index (χ0) is 26.3. The van der Waals surface area contributed by atoms with Gasteiger partial charge in [-0.05, 0) is 63.1 Å². The Balaban J connectivity index is 1.64. The predicted octanol–water partition coefficient (Wildman–Crippen LogP) is 6.10. The lowest BCUT2D eigenvalue weighted by atomic mass is 10.0. The van der Waals surface area contributed by atoms with Crippen LogP contribution in [0.1, 0.15) is 44.4 Å². The van der Waals surface area contributed by atoms with Crippen LogP contribution in [0.4, 0.5) is 35.2 Å². The van der Waals surface area contributed by atoms with Crippen molar-refractivity contribution < 1.29 is 27.8 Å². The van der Waals surface area contributed by atoms with E-state index in [1.165, 1.54) is 12.4 Å². The van der Waals surface area contributed by atoms with Crippen molar-refractivity contribution in [2.75, 3.05) is 10.6 Å². The van der Waals surface area contributed by atoms with Gasteiger partial charge >= 0.3 is 12.3 Å². The van der Waals surface area contributed by atoms with Gasteiger partial charge in [0, 0.05) is 30.2 Å². The fourth-order valence-corrected chi connectivity index (χ4v) is 4.11. The summed E-state index contributed by atoms with van der Waals surface area (Å²) in [6.07, 6.45) is -3.08. The number of aliphatic hydroxyl groups is 1. The molecule has 190 valence electrons. The molecule has 1 aromatic heterocycles. The predicted molar refractivity (Wildman–Crippen MR) is 130 cm³/mol. The summed E-state index contributed by atoms with van der Waals surface area (Å²) in [5.41, 5.74) is 0.811. The van der Waals surface area contributed by atoms with Crippen molar-refractivity contribution in [3.8, 4) is 11.3 Å². The summed E-state index contributed by atoms with van der Waals surface area (Å²) in [5, 5.41) is 15.9. The van der Waals surface area contributed by atoms with Crippen molar-refractivity contribution in [3.05, 3.63) is 65.5 Å². The number of benzene rings is 2. The number of anilines is 3. The molecule has 3 N–H and O–H groups in total. The highest BCUT2D eigenvalue weighted by molar-refractivity contribution is 5.91. The van der Waals surface area contributed by atoms with Crippen molar-refractivity contribution in [2.24, 2.45) is 0 Å². The number of carbonyl (C=O) groups excluding carboxylic acids is 1. The third kappa shape index (κ3) is 6.12. The van der Waals surface area contributed by atoms with Crippen molar-refractivity contribution in [3.63, 3.8) is 0 Å². The van der Waals surface area contributed by atoms with Gasteiger partial charge in [-0.3, -0.25) is 5.32 Å². The van der Waals surface area contributed by atoms with E-state index in [9.17, 15) is 23.1 Å². The van der Waals surface area contributed by atoms with Crippen molar-refractivity contribution >= 4 is 23.3 Å². The molecule has 0 spiro atoms. The largest absolute Gasteiger partial charge is 0.444 e. The van der Waals surface area contributed by atoms with E-state index < -0.39 is 29.0 Å². The van der Waals surface area contributed by atoms with Crippen LogP contribution < -0.4 is 10.6 Å². The second-order valence-corrected chi connectivity index (χ2v) is 10.1. The van der Waals surface area contributed by atoms with Gasteiger partial charge in [0.05, 0.1) is 22.5 Å². The summed E-state index contributed by atoms with van der Waals surface area (Å²) >= 11 is 0. The van der Waals surface area contributed by atoms with Gasteiger partial charge in [-0.1, -0.05) is 12.1 Å². The molecular formula is C26H27F3N4O3. The topological polar surface area (TPSA) is 96.4 Å². The third-order valence-electron chi connectivity index (χ3n) is 5.55. The zero-order valence-electron chi connectivity index (χ0n) is 20.3. The standard InChI is InChI=1S/C26H27F3N4O3/c1-24(2,3)36-23(34)33-21-10-17(26(27,28)29)6-8-19(21)20-11-22(31-14-30-20)32-18-7-5-15-12-25(4,35)13-16(15)9-18/h5-11,14,35H,12-13H2,1-4H3,(H,33,34)(H,30,31,32). The number of hydrogen-bond donors (Lipinski definition) is 3. The molecule has 0 saturated heterocycles. The van der Waals surface area contributed by atoms with E-state index in [4.69, 9.17) is 4.74 Å². The van der Waals surface area contributed by atoms with Gasteiger partial charge in [-0.15, -0.1) is 0 Å². The number of nitrogens with zero attached hydrogens (tertiary/aromatic N) is 2. The Bertz CT molecular complexity index is 1300. The fourth-order valence-electron chi connectivity index (χ4n) is 4.11. The first kappa shape index (κ1) is 25.4. The zero-order valence-corrected chi connectivity index (χ0v) is 20.3. The molecule has 0 fully saturated rings. The first-order valence-corrected chi connectivity index (χ1v) is 11.3. The number of carbonyl (C=O) groups is 1. The van der Waals surface area contributed by atoms with E-state index in [2.05, 4.69) is 20.6 Å². The van der Waals surface area contributed by atoms with E-state index in [-0.39, 0.29) is 11.3 Å². The Hall–Kier alpha value is -3.66. The van der Waals surface area contributed by atoms with Crippen LogP contribution in [-0.4, -0.2) is 32.4 Å². The molecule has 4 rings (SSSR count). The lowest BCUT2D eigenvalue weighted by Crippen LogP contribution is -2.27. The van der Waals surface area contributed by atoms with Crippen LogP contribution >= 0.6 is 0 Å². The summed E-state index contributed by atoms with van der Waals surface area (Å²) < 4.78 is 45.3. The van der Waals surface area contributed by atoms with Crippen molar-refractivity contribution in [2.45, 2.75) is 57.9 Å². The molecule has 1 aliphatic carbocycles. The second kappa shape index (κ2) is 9.09. The molecule has 1 atom stereocenters. The van der Waals surface area contributed by atoms with E-state index in [1.807, 2.05) is 18.2 Å². The Morgan fingerprint density at radius 1 is 1.03 bits per heavy atom. The molecule has 1 heterocycles. The number of fused-ring (bicyclic) bond motifs is 1. The summed E-state index contributed by atoms with van der Waals surface area (Å²) in [6, 6.07) is 10.4. The summed E-state index contributed by atoms with van der Waals surface area (Å²) in [4.78, 5) is 20.8. The lowest BCUT2D eigenvalue weighted by molar-refractivity contribution is -0.137. The maximum atomic E-state index is 13.4. The number of aromatic nitrogens is 2. The number of hydrogen-bond acceptors (Lipinski definition) is 6. The molecule has 0 radical (unpaired) electrons. The van der Waals surface area contributed by atoms with Crippen LogP contribution in [0.2, 0.25) is 0 Å². The molecule has 1 unspecified atom stereocenters. The Kier molecular flexibility index (Phi) is 6.42. The van der Waals surface area contributed by atoms with E-state index in [0.29, 0.717) is 24.4 Å². The van der Waals surface area contributed by atoms with Gasteiger partial charge in [-0.2, -0.15) is 13.2 Å². The first-order valence-electron chi connectivity index (χ1n) is 11.3. The molecule has 1 aliphatic rings. The van der Waals surface area contributed by atoms with Crippen LogP contribution in [0.25, 0.3) is 11.3 Å². The maximum Gasteiger partial charge on any atom is 0.416 e. The molecule has 7 nitrogen and oxygen atoms in total. The van der Waals surface area contributed by atoms with Gasteiger partial charge in [0.25, 0.3) is 0 Å². The number of amides is 1. The monoisotopic (exact) mass is 500 g/mol. The molecule has 0 bridgehead atoms. The summed E-state index contributed by atoms with van der Waals surface area (Å²) in [5.74, 6) is 0.410. The SMILES string of the molecule is CC1(O)Cc2ccc(Nc3cc(-c4ccc(C(F)(F)F)cc4NC(=O)OC(C)(C)C)ncn3)cc2C1. The fraction of sp³-hybridized carbons (Fsp3) is 0.346. The van der Waals surface area contributed by atoms with E-state index >= 15 is 0 Å². The number of halogens is 3. The Morgan fingerprint density at radius 2 is 1.75 bits per heavy atom. The highest BCUT2D eigenvalue weighted by atomic mass is 19.4. The normalized spacial score (nSPS) is 17.4. The van der Waals surface area contributed by atoms with E-state index in [0.717, 1.165) is 28.9 Å². The number of ether oxygens (including phenoxy) is 1. The highest BCUT2D eigenvalue weighted by Gasteiger charge is 2.32. The lowest BCUT2D eigenvalue weighted by Gasteiger charge is -2.21. The molecule has 10 heteroatoms.